The molecule has 0 saturated carbocycles. The topological polar surface area (TPSA) is 84.1 Å². The van der Waals surface area contributed by atoms with Crippen LogP contribution in [0, 0.1) is 6.92 Å². The summed E-state index contributed by atoms with van der Waals surface area (Å²) in [6.07, 6.45) is 1.61. The van der Waals surface area contributed by atoms with E-state index in [9.17, 15) is 9.59 Å². The number of rotatable bonds is 5. The first-order chi connectivity index (χ1) is 12.1. The Morgan fingerprint density at radius 2 is 1.96 bits per heavy atom. The minimum absolute atomic E-state index is 0.0837. The van der Waals surface area contributed by atoms with Gasteiger partial charge in [0.2, 0.25) is 5.88 Å². The van der Waals surface area contributed by atoms with Gasteiger partial charge in [-0.3, -0.25) is 9.59 Å². The van der Waals surface area contributed by atoms with Gasteiger partial charge in [0.1, 0.15) is 11.3 Å². The number of aromatic amines is 1. The largest absolute Gasteiger partial charge is 0.439 e. The van der Waals surface area contributed by atoms with Gasteiger partial charge in [0, 0.05) is 24.5 Å². The molecule has 6 nitrogen and oxygen atoms in total. The van der Waals surface area contributed by atoms with Crippen molar-refractivity contribution in [2.45, 2.75) is 13.5 Å². The quantitative estimate of drug-likeness (QED) is 0.751. The van der Waals surface area contributed by atoms with E-state index in [4.69, 9.17) is 4.74 Å². The summed E-state index contributed by atoms with van der Waals surface area (Å²) in [5, 5.41) is 2.72. The van der Waals surface area contributed by atoms with E-state index < -0.39 is 11.5 Å². The Hall–Kier alpha value is -3.41. The van der Waals surface area contributed by atoms with Crippen LogP contribution in [0.1, 0.15) is 21.6 Å². The molecule has 0 atom stereocenters. The number of para-hydroxylation sites is 1. The summed E-state index contributed by atoms with van der Waals surface area (Å²) in [5.41, 5.74) is 1.21. The third kappa shape index (κ3) is 4.32. The van der Waals surface area contributed by atoms with E-state index in [2.05, 4.69) is 15.3 Å². The van der Waals surface area contributed by atoms with Crippen molar-refractivity contribution in [1.29, 1.82) is 0 Å². The fourth-order valence-corrected chi connectivity index (χ4v) is 2.25. The van der Waals surface area contributed by atoms with Gasteiger partial charge in [-0.25, -0.2) is 4.98 Å². The molecule has 2 aromatic heterocycles. The Balaban J connectivity index is 1.66. The first kappa shape index (κ1) is 16.4. The number of pyridine rings is 2. The molecule has 0 unspecified atom stereocenters. The van der Waals surface area contributed by atoms with Crippen molar-refractivity contribution < 1.29 is 9.53 Å². The van der Waals surface area contributed by atoms with E-state index >= 15 is 0 Å². The van der Waals surface area contributed by atoms with Crippen molar-refractivity contribution in [3.05, 3.63) is 88.0 Å². The Morgan fingerprint density at radius 1 is 1.16 bits per heavy atom. The van der Waals surface area contributed by atoms with Crippen LogP contribution in [-0.4, -0.2) is 15.9 Å². The van der Waals surface area contributed by atoms with Crippen molar-refractivity contribution in [2.24, 2.45) is 0 Å². The third-order valence-electron chi connectivity index (χ3n) is 3.52. The fourth-order valence-electron chi connectivity index (χ4n) is 2.25. The van der Waals surface area contributed by atoms with Gasteiger partial charge in [0.05, 0.1) is 0 Å². The molecule has 0 spiro atoms. The van der Waals surface area contributed by atoms with E-state index in [-0.39, 0.29) is 12.1 Å². The number of carbonyl (C=O) groups is 1. The number of H-pyrrole nitrogens is 1. The summed E-state index contributed by atoms with van der Waals surface area (Å²) in [6.45, 7) is 2.02. The van der Waals surface area contributed by atoms with Crippen LogP contribution in [0.25, 0.3) is 0 Å². The number of carbonyl (C=O) groups excluding carboxylic acids is 1. The summed E-state index contributed by atoms with van der Waals surface area (Å²) < 4.78 is 5.66. The van der Waals surface area contributed by atoms with E-state index in [1.807, 2.05) is 30.3 Å². The minimum Gasteiger partial charge on any atom is -0.439 e. The van der Waals surface area contributed by atoms with Crippen LogP contribution >= 0.6 is 0 Å². The average molecular weight is 335 g/mol. The van der Waals surface area contributed by atoms with Gasteiger partial charge in [-0.15, -0.1) is 0 Å². The molecule has 2 heterocycles. The van der Waals surface area contributed by atoms with Crippen LogP contribution in [0.2, 0.25) is 0 Å². The van der Waals surface area contributed by atoms with Gasteiger partial charge >= 0.3 is 0 Å². The molecule has 0 aliphatic carbocycles. The third-order valence-corrected chi connectivity index (χ3v) is 3.52. The zero-order valence-electron chi connectivity index (χ0n) is 13.7. The number of nitrogens with zero attached hydrogens (tertiary/aromatic N) is 1. The maximum absolute atomic E-state index is 12.1. The predicted molar refractivity (Wildman–Crippen MR) is 93.7 cm³/mol. The summed E-state index contributed by atoms with van der Waals surface area (Å²) >= 11 is 0. The monoisotopic (exact) mass is 335 g/mol. The Kier molecular flexibility index (Phi) is 4.89. The van der Waals surface area contributed by atoms with E-state index in [0.29, 0.717) is 17.3 Å². The predicted octanol–water partition coefficient (Wildman–Crippen LogP) is 2.80. The molecule has 126 valence electrons. The second-order valence-corrected chi connectivity index (χ2v) is 5.48. The first-order valence-corrected chi connectivity index (χ1v) is 7.78. The van der Waals surface area contributed by atoms with Crippen LogP contribution in [0.15, 0.2) is 65.6 Å². The zero-order chi connectivity index (χ0) is 17.6. The van der Waals surface area contributed by atoms with Crippen molar-refractivity contribution in [1.82, 2.24) is 15.3 Å². The van der Waals surface area contributed by atoms with Gasteiger partial charge in [0.15, 0.2) is 0 Å². The van der Waals surface area contributed by atoms with Crippen LogP contribution in [0.5, 0.6) is 11.6 Å². The molecule has 3 aromatic rings. The van der Waals surface area contributed by atoms with Gasteiger partial charge in [-0.05, 0) is 42.8 Å². The lowest BCUT2D eigenvalue weighted by Crippen LogP contribution is -2.29. The SMILES string of the molecule is Cc1ccc(C(=O)NCc2ccnc(Oc3ccccc3)c2)c(=O)[nH]1. The van der Waals surface area contributed by atoms with Gasteiger partial charge in [0.25, 0.3) is 11.5 Å². The van der Waals surface area contributed by atoms with E-state index in [1.54, 1.807) is 31.3 Å². The summed E-state index contributed by atoms with van der Waals surface area (Å²) in [7, 11) is 0. The maximum Gasteiger partial charge on any atom is 0.260 e. The smallest absolute Gasteiger partial charge is 0.260 e. The molecule has 25 heavy (non-hydrogen) atoms. The molecule has 0 saturated heterocycles. The first-order valence-electron chi connectivity index (χ1n) is 7.78. The number of ether oxygens (including phenoxy) is 1. The highest BCUT2D eigenvalue weighted by Crippen LogP contribution is 2.19. The highest BCUT2D eigenvalue weighted by molar-refractivity contribution is 5.93. The molecular formula is C19H17N3O3. The highest BCUT2D eigenvalue weighted by Gasteiger charge is 2.10. The van der Waals surface area contributed by atoms with Crippen molar-refractivity contribution >= 4 is 5.91 Å². The fraction of sp³-hybridized carbons (Fsp3) is 0.105. The highest BCUT2D eigenvalue weighted by atomic mass is 16.5. The van der Waals surface area contributed by atoms with Gasteiger partial charge in [-0.1, -0.05) is 18.2 Å². The molecule has 0 aliphatic heterocycles. The second-order valence-electron chi connectivity index (χ2n) is 5.48. The number of aryl methyl sites for hydroxylation is 1. The molecule has 0 bridgehead atoms. The molecule has 3 rings (SSSR count). The summed E-state index contributed by atoms with van der Waals surface area (Å²) in [5.74, 6) is 0.692. The molecule has 1 aromatic carbocycles. The van der Waals surface area contributed by atoms with E-state index in [0.717, 1.165) is 5.56 Å². The zero-order valence-corrected chi connectivity index (χ0v) is 13.7. The molecular weight excluding hydrogens is 318 g/mol. The molecule has 1 amide bonds. The Labute approximate surface area is 144 Å². The van der Waals surface area contributed by atoms with Gasteiger partial charge in [-0.2, -0.15) is 0 Å². The van der Waals surface area contributed by atoms with Crippen molar-refractivity contribution in [2.75, 3.05) is 0 Å². The van der Waals surface area contributed by atoms with Crippen molar-refractivity contribution in [3.8, 4) is 11.6 Å². The number of aromatic nitrogens is 2. The number of hydrogen-bond donors (Lipinski definition) is 2. The molecule has 6 heteroatoms. The van der Waals surface area contributed by atoms with Crippen molar-refractivity contribution in [3.63, 3.8) is 0 Å². The average Bonchev–Trinajstić information content (AvgIpc) is 2.61. The molecule has 0 radical (unpaired) electrons. The van der Waals surface area contributed by atoms with E-state index in [1.165, 1.54) is 6.07 Å². The van der Waals surface area contributed by atoms with Crippen LogP contribution in [-0.2, 0) is 6.54 Å². The van der Waals surface area contributed by atoms with Crippen LogP contribution < -0.4 is 15.6 Å². The lowest BCUT2D eigenvalue weighted by molar-refractivity contribution is 0.0949. The number of hydrogen-bond acceptors (Lipinski definition) is 4. The summed E-state index contributed by atoms with van der Waals surface area (Å²) in [6, 6.07) is 16.0. The normalized spacial score (nSPS) is 10.3. The molecule has 0 fully saturated rings. The second kappa shape index (κ2) is 7.44. The maximum atomic E-state index is 12.1. The number of nitrogens with one attached hydrogen (secondary N) is 2. The van der Waals surface area contributed by atoms with Gasteiger partial charge < -0.3 is 15.0 Å². The minimum atomic E-state index is -0.427. The van der Waals surface area contributed by atoms with Crippen LogP contribution in [0.3, 0.4) is 0 Å². The van der Waals surface area contributed by atoms with Crippen LogP contribution in [0.4, 0.5) is 0 Å². The Morgan fingerprint density at radius 3 is 2.72 bits per heavy atom. The summed E-state index contributed by atoms with van der Waals surface area (Å²) in [4.78, 5) is 30.7. The lowest BCUT2D eigenvalue weighted by Gasteiger charge is -2.08. The number of benzene rings is 1. The standard InChI is InChI=1S/C19H17N3O3/c1-13-7-8-16(19(24)22-13)18(23)21-12-14-9-10-20-17(11-14)25-15-5-3-2-4-6-15/h2-11H,12H2,1H3,(H,21,23)(H,22,24). The Bertz CT molecular complexity index is 936. The lowest BCUT2D eigenvalue weighted by atomic mass is 10.2. The molecule has 2 N–H and O–H groups in total. The molecule has 0 aliphatic rings. The number of amides is 1.